The van der Waals surface area contributed by atoms with E-state index in [0.29, 0.717) is 23.6 Å². The maximum atomic E-state index is 11.8. The van der Waals surface area contributed by atoms with Crippen molar-refractivity contribution in [2.24, 2.45) is 0 Å². The average Bonchev–Trinajstić information content (AvgIpc) is 2.31. The first-order valence-corrected chi connectivity index (χ1v) is 5.91. The minimum Gasteiger partial charge on any atom is -0.492 e. The zero-order valence-electron chi connectivity index (χ0n) is 10.6. The van der Waals surface area contributed by atoms with Gasteiger partial charge in [-0.3, -0.25) is 4.79 Å². The molecule has 0 saturated heterocycles. The van der Waals surface area contributed by atoms with E-state index in [1.54, 1.807) is 18.2 Å². The van der Waals surface area contributed by atoms with Gasteiger partial charge in [-0.25, -0.2) is 0 Å². The van der Waals surface area contributed by atoms with Crippen LogP contribution in [-0.2, 0) is 0 Å². The second-order valence-electron chi connectivity index (χ2n) is 3.97. The van der Waals surface area contributed by atoms with Crippen molar-refractivity contribution in [1.29, 1.82) is 0 Å². The third kappa shape index (κ3) is 3.66. The summed E-state index contributed by atoms with van der Waals surface area (Å²) in [5.41, 5.74) is 6.85. The second-order valence-corrected chi connectivity index (χ2v) is 3.97. The summed E-state index contributed by atoms with van der Waals surface area (Å²) in [6.07, 6.45) is 0.901. The predicted octanol–water partition coefficient (Wildman–Crippen LogP) is 2.20. The van der Waals surface area contributed by atoms with Crippen LogP contribution in [0.3, 0.4) is 0 Å². The SMILES string of the molecule is CCOc1ccc(C(=O)NC(C)CC)cc1N. The molecule has 4 nitrogen and oxygen atoms in total. The molecule has 4 heteroatoms. The van der Waals surface area contributed by atoms with Crippen LogP contribution in [0.4, 0.5) is 5.69 Å². The van der Waals surface area contributed by atoms with Crippen molar-refractivity contribution in [3.8, 4) is 5.75 Å². The van der Waals surface area contributed by atoms with E-state index in [4.69, 9.17) is 10.5 Å². The number of hydrogen-bond donors (Lipinski definition) is 2. The molecular weight excluding hydrogens is 216 g/mol. The smallest absolute Gasteiger partial charge is 0.251 e. The van der Waals surface area contributed by atoms with E-state index >= 15 is 0 Å². The van der Waals surface area contributed by atoms with Crippen molar-refractivity contribution in [3.05, 3.63) is 23.8 Å². The average molecular weight is 236 g/mol. The largest absolute Gasteiger partial charge is 0.492 e. The van der Waals surface area contributed by atoms with Gasteiger partial charge < -0.3 is 15.8 Å². The quantitative estimate of drug-likeness (QED) is 0.770. The van der Waals surface area contributed by atoms with Gasteiger partial charge in [0, 0.05) is 11.6 Å². The maximum absolute atomic E-state index is 11.8. The number of rotatable bonds is 5. The molecule has 0 heterocycles. The van der Waals surface area contributed by atoms with Crippen LogP contribution < -0.4 is 15.8 Å². The number of anilines is 1. The van der Waals surface area contributed by atoms with Gasteiger partial charge in [-0.05, 0) is 38.5 Å². The fourth-order valence-corrected chi connectivity index (χ4v) is 1.39. The highest BCUT2D eigenvalue weighted by molar-refractivity contribution is 5.95. The fraction of sp³-hybridized carbons (Fsp3) is 0.462. The highest BCUT2D eigenvalue weighted by Crippen LogP contribution is 2.22. The standard InChI is InChI=1S/C13H20N2O2/c1-4-9(3)15-13(16)10-6-7-12(17-5-2)11(14)8-10/h6-9H,4-5,14H2,1-3H3,(H,15,16). The molecule has 0 aliphatic carbocycles. The molecule has 0 spiro atoms. The molecule has 1 aromatic carbocycles. The summed E-state index contributed by atoms with van der Waals surface area (Å²) in [4.78, 5) is 11.8. The van der Waals surface area contributed by atoms with Gasteiger partial charge in [0.25, 0.3) is 5.91 Å². The molecule has 0 saturated carbocycles. The van der Waals surface area contributed by atoms with Crippen LogP contribution in [0, 0.1) is 0 Å². The molecule has 3 N–H and O–H groups in total. The number of nitrogens with one attached hydrogen (secondary N) is 1. The number of nitrogens with two attached hydrogens (primary N) is 1. The Labute approximate surface area is 102 Å². The van der Waals surface area contributed by atoms with Gasteiger partial charge in [0.15, 0.2) is 0 Å². The molecule has 0 fully saturated rings. The highest BCUT2D eigenvalue weighted by Gasteiger charge is 2.10. The van der Waals surface area contributed by atoms with Crippen LogP contribution in [0.15, 0.2) is 18.2 Å². The van der Waals surface area contributed by atoms with Crippen LogP contribution in [-0.4, -0.2) is 18.6 Å². The number of carbonyl (C=O) groups is 1. The summed E-state index contributed by atoms with van der Waals surface area (Å²) < 4.78 is 5.32. The third-order valence-corrected chi connectivity index (χ3v) is 2.56. The molecule has 94 valence electrons. The Balaban J connectivity index is 2.79. The Morgan fingerprint density at radius 3 is 2.71 bits per heavy atom. The van der Waals surface area contributed by atoms with Crippen LogP contribution in [0.2, 0.25) is 0 Å². The van der Waals surface area contributed by atoms with Crippen molar-refractivity contribution in [1.82, 2.24) is 5.32 Å². The Kier molecular flexibility index (Phi) is 4.82. The van der Waals surface area contributed by atoms with Gasteiger partial charge in [-0.2, -0.15) is 0 Å². The van der Waals surface area contributed by atoms with Crippen LogP contribution in [0.25, 0.3) is 0 Å². The van der Waals surface area contributed by atoms with Gasteiger partial charge in [0.1, 0.15) is 5.75 Å². The normalized spacial score (nSPS) is 11.9. The van der Waals surface area contributed by atoms with E-state index in [1.165, 1.54) is 0 Å². The Bertz CT molecular complexity index is 391. The monoisotopic (exact) mass is 236 g/mol. The predicted molar refractivity (Wildman–Crippen MR) is 69.2 cm³/mol. The molecule has 0 bridgehead atoms. The van der Waals surface area contributed by atoms with E-state index in [2.05, 4.69) is 5.32 Å². The number of amides is 1. The fourth-order valence-electron chi connectivity index (χ4n) is 1.39. The molecule has 0 aliphatic rings. The molecule has 17 heavy (non-hydrogen) atoms. The van der Waals surface area contributed by atoms with Gasteiger partial charge >= 0.3 is 0 Å². The number of benzene rings is 1. The van der Waals surface area contributed by atoms with Crippen molar-refractivity contribution >= 4 is 11.6 Å². The van der Waals surface area contributed by atoms with Gasteiger partial charge in [-0.1, -0.05) is 6.92 Å². The third-order valence-electron chi connectivity index (χ3n) is 2.56. The highest BCUT2D eigenvalue weighted by atomic mass is 16.5. The lowest BCUT2D eigenvalue weighted by atomic mass is 10.1. The van der Waals surface area contributed by atoms with Gasteiger partial charge in [-0.15, -0.1) is 0 Å². The molecule has 1 unspecified atom stereocenters. The van der Waals surface area contributed by atoms with Crippen LogP contribution in [0.1, 0.15) is 37.6 Å². The van der Waals surface area contributed by atoms with Gasteiger partial charge in [0.05, 0.1) is 12.3 Å². The molecule has 1 atom stereocenters. The summed E-state index contributed by atoms with van der Waals surface area (Å²) in [7, 11) is 0. The van der Waals surface area contributed by atoms with Crippen molar-refractivity contribution in [3.63, 3.8) is 0 Å². The lowest BCUT2D eigenvalue weighted by Crippen LogP contribution is -2.31. The molecule has 1 rings (SSSR count). The molecule has 0 radical (unpaired) electrons. The summed E-state index contributed by atoms with van der Waals surface area (Å²) >= 11 is 0. The molecule has 0 aliphatic heterocycles. The summed E-state index contributed by atoms with van der Waals surface area (Å²) in [5.74, 6) is 0.515. The maximum Gasteiger partial charge on any atom is 0.251 e. The minimum atomic E-state index is -0.103. The Morgan fingerprint density at radius 1 is 1.47 bits per heavy atom. The number of carbonyl (C=O) groups excluding carboxylic acids is 1. The van der Waals surface area contributed by atoms with E-state index < -0.39 is 0 Å². The molecule has 0 aromatic heterocycles. The molecular formula is C13H20N2O2. The van der Waals surface area contributed by atoms with Crippen LogP contribution >= 0.6 is 0 Å². The topological polar surface area (TPSA) is 64.3 Å². The summed E-state index contributed by atoms with van der Waals surface area (Å²) in [5, 5.41) is 2.89. The summed E-state index contributed by atoms with van der Waals surface area (Å²) in [6, 6.07) is 5.25. The molecule has 1 amide bonds. The van der Waals surface area contributed by atoms with Crippen LogP contribution in [0.5, 0.6) is 5.75 Å². The zero-order valence-corrected chi connectivity index (χ0v) is 10.6. The van der Waals surface area contributed by atoms with Crippen molar-refractivity contribution in [2.75, 3.05) is 12.3 Å². The number of hydrogen-bond acceptors (Lipinski definition) is 3. The van der Waals surface area contributed by atoms with Crippen molar-refractivity contribution < 1.29 is 9.53 Å². The lowest BCUT2D eigenvalue weighted by molar-refractivity contribution is 0.0939. The Morgan fingerprint density at radius 2 is 2.18 bits per heavy atom. The van der Waals surface area contributed by atoms with E-state index in [1.807, 2.05) is 20.8 Å². The second kappa shape index (κ2) is 6.13. The first kappa shape index (κ1) is 13.4. The minimum absolute atomic E-state index is 0.103. The number of ether oxygens (including phenoxy) is 1. The zero-order chi connectivity index (χ0) is 12.8. The van der Waals surface area contributed by atoms with Crippen molar-refractivity contribution in [2.45, 2.75) is 33.2 Å². The lowest BCUT2D eigenvalue weighted by Gasteiger charge is -2.12. The van der Waals surface area contributed by atoms with Gasteiger partial charge in [0.2, 0.25) is 0 Å². The van der Waals surface area contributed by atoms with E-state index in [9.17, 15) is 4.79 Å². The summed E-state index contributed by atoms with van der Waals surface area (Å²) in [6.45, 7) is 6.44. The van der Waals surface area contributed by atoms with E-state index in [-0.39, 0.29) is 11.9 Å². The number of nitrogen functional groups attached to an aromatic ring is 1. The first-order chi connectivity index (χ1) is 8.08. The first-order valence-electron chi connectivity index (χ1n) is 5.91. The van der Waals surface area contributed by atoms with E-state index in [0.717, 1.165) is 6.42 Å². The Hall–Kier alpha value is -1.71. The molecule has 1 aromatic rings.